The van der Waals surface area contributed by atoms with Gasteiger partial charge in [0, 0.05) is 0 Å². The second-order valence-electron chi connectivity index (χ2n) is 3.09. The molecule has 1 rings (SSSR count). The zero-order valence-corrected chi connectivity index (χ0v) is 9.49. The minimum atomic E-state index is -0.563. The van der Waals surface area contributed by atoms with Gasteiger partial charge in [-0.15, -0.1) is 11.6 Å². The van der Waals surface area contributed by atoms with Gasteiger partial charge in [-0.25, -0.2) is 0 Å². The van der Waals surface area contributed by atoms with E-state index in [4.69, 9.17) is 23.2 Å². The summed E-state index contributed by atoms with van der Waals surface area (Å²) >= 11 is 11.5. The molecule has 1 atom stereocenters. The number of rotatable bonds is 2. The van der Waals surface area contributed by atoms with Crippen molar-refractivity contribution in [3.05, 3.63) is 28.8 Å². The van der Waals surface area contributed by atoms with Crippen molar-refractivity contribution in [2.24, 2.45) is 0 Å². The van der Waals surface area contributed by atoms with Crippen molar-refractivity contribution in [3.63, 3.8) is 0 Å². The van der Waals surface area contributed by atoms with Crippen LogP contribution in [-0.4, -0.2) is 11.3 Å². The van der Waals surface area contributed by atoms with Crippen LogP contribution in [0.3, 0.4) is 0 Å². The van der Waals surface area contributed by atoms with Gasteiger partial charge in [0.1, 0.15) is 5.38 Å². The Kier molecular flexibility index (Phi) is 3.78. The summed E-state index contributed by atoms with van der Waals surface area (Å²) in [5.41, 5.74) is 1.64. The van der Waals surface area contributed by atoms with Crippen LogP contribution < -0.4 is 5.32 Å². The second-order valence-corrected chi connectivity index (χ2v) is 4.15. The lowest BCUT2D eigenvalue weighted by Gasteiger charge is -2.08. The summed E-state index contributed by atoms with van der Waals surface area (Å²) in [5.74, 6) is -0.252. The van der Waals surface area contributed by atoms with Crippen molar-refractivity contribution in [3.8, 4) is 0 Å². The summed E-state index contributed by atoms with van der Waals surface area (Å²) in [6.07, 6.45) is 0. The highest BCUT2D eigenvalue weighted by atomic mass is 35.5. The number of alkyl halides is 1. The number of aryl methyl sites for hydroxylation is 1. The summed E-state index contributed by atoms with van der Waals surface area (Å²) in [5, 5.41) is 2.60. The Bertz CT molecular complexity index is 350. The molecule has 0 bridgehead atoms. The highest BCUT2D eigenvalue weighted by Crippen LogP contribution is 2.22. The maximum atomic E-state index is 11.2. The van der Waals surface area contributed by atoms with Crippen LogP contribution in [0.5, 0.6) is 0 Å². The third-order valence-corrected chi connectivity index (χ3v) is 2.25. The van der Waals surface area contributed by atoms with E-state index in [1.165, 1.54) is 0 Å². The smallest absolute Gasteiger partial charge is 0.242 e. The van der Waals surface area contributed by atoms with E-state index in [9.17, 15) is 4.79 Å². The number of carbonyl (C=O) groups excluding carboxylic acids is 1. The molecule has 0 unspecified atom stereocenters. The summed E-state index contributed by atoms with van der Waals surface area (Å²) < 4.78 is 0. The van der Waals surface area contributed by atoms with Gasteiger partial charge in [0.2, 0.25) is 5.91 Å². The summed E-state index contributed by atoms with van der Waals surface area (Å²) in [7, 11) is 0. The molecular formula is C10H11Cl2NO. The first kappa shape index (κ1) is 11.3. The van der Waals surface area contributed by atoms with Crippen LogP contribution in [0, 0.1) is 6.92 Å². The van der Waals surface area contributed by atoms with Crippen LogP contribution in [0.4, 0.5) is 5.69 Å². The van der Waals surface area contributed by atoms with Crippen LogP contribution in [0.25, 0.3) is 0 Å². The summed E-state index contributed by atoms with van der Waals surface area (Å²) in [6.45, 7) is 3.54. The first-order valence-corrected chi connectivity index (χ1v) is 5.03. The highest BCUT2D eigenvalue weighted by molar-refractivity contribution is 6.35. The molecule has 0 saturated carbocycles. The Balaban J connectivity index is 2.82. The van der Waals surface area contributed by atoms with Gasteiger partial charge in [-0.05, 0) is 31.5 Å². The van der Waals surface area contributed by atoms with Gasteiger partial charge < -0.3 is 5.32 Å². The molecule has 14 heavy (non-hydrogen) atoms. The van der Waals surface area contributed by atoms with Crippen molar-refractivity contribution in [1.29, 1.82) is 0 Å². The van der Waals surface area contributed by atoms with E-state index in [2.05, 4.69) is 5.32 Å². The van der Waals surface area contributed by atoms with Crippen molar-refractivity contribution in [1.82, 2.24) is 0 Å². The molecule has 0 heterocycles. The number of nitrogens with one attached hydrogen (secondary N) is 1. The SMILES string of the molecule is Cc1ccc(NC(=O)[C@H](C)Cl)c(Cl)c1. The van der Waals surface area contributed by atoms with E-state index in [-0.39, 0.29) is 5.91 Å². The van der Waals surface area contributed by atoms with Gasteiger partial charge in [-0.3, -0.25) is 4.79 Å². The van der Waals surface area contributed by atoms with Crippen LogP contribution in [0.2, 0.25) is 5.02 Å². The first-order valence-electron chi connectivity index (χ1n) is 4.22. The van der Waals surface area contributed by atoms with E-state index in [0.717, 1.165) is 5.56 Å². The molecule has 0 aliphatic rings. The van der Waals surface area contributed by atoms with Crippen molar-refractivity contribution in [2.45, 2.75) is 19.2 Å². The molecule has 1 aromatic carbocycles. The van der Waals surface area contributed by atoms with Gasteiger partial charge in [0.05, 0.1) is 10.7 Å². The van der Waals surface area contributed by atoms with Gasteiger partial charge >= 0.3 is 0 Å². The second kappa shape index (κ2) is 4.67. The molecule has 2 nitrogen and oxygen atoms in total. The summed E-state index contributed by atoms with van der Waals surface area (Å²) in [4.78, 5) is 11.2. The predicted octanol–water partition coefficient (Wildman–Crippen LogP) is 3.21. The predicted molar refractivity (Wildman–Crippen MR) is 60.1 cm³/mol. The molecule has 1 N–H and O–H groups in total. The monoisotopic (exact) mass is 231 g/mol. The molecule has 0 aliphatic heterocycles. The van der Waals surface area contributed by atoms with Gasteiger partial charge in [0.15, 0.2) is 0 Å². The van der Waals surface area contributed by atoms with Crippen molar-refractivity contribution < 1.29 is 4.79 Å². The van der Waals surface area contributed by atoms with E-state index < -0.39 is 5.38 Å². The average molecular weight is 232 g/mol. The lowest BCUT2D eigenvalue weighted by molar-refractivity contribution is -0.115. The minimum absolute atomic E-state index is 0.252. The maximum Gasteiger partial charge on any atom is 0.242 e. The highest BCUT2D eigenvalue weighted by Gasteiger charge is 2.10. The number of anilines is 1. The molecule has 76 valence electrons. The fourth-order valence-electron chi connectivity index (χ4n) is 0.954. The lowest BCUT2D eigenvalue weighted by atomic mass is 10.2. The number of carbonyl (C=O) groups is 1. The van der Waals surface area contributed by atoms with E-state index in [1.807, 2.05) is 13.0 Å². The van der Waals surface area contributed by atoms with Gasteiger partial charge in [0.25, 0.3) is 0 Å². The third-order valence-electron chi connectivity index (χ3n) is 1.74. The van der Waals surface area contributed by atoms with Crippen LogP contribution in [-0.2, 0) is 4.79 Å². The quantitative estimate of drug-likeness (QED) is 0.779. The fourth-order valence-corrected chi connectivity index (χ4v) is 1.29. The molecule has 0 spiro atoms. The summed E-state index contributed by atoms with van der Waals surface area (Å²) in [6, 6.07) is 5.42. The number of halogens is 2. The maximum absolute atomic E-state index is 11.2. The van der Waals surface area contributed by atoms with Crippen LogP contribution in [0.15, 0.2) is 18.2 Å². The molecule has 0 radical (unpaired) electrons. The molecular weight excluding hydrogens is 221 g/mol. The Labute approximate surface area is 93.2 Å². The Hall–Kier alpha value is -0.730. The number of amides is 1. The lowest BCUT2D eigenvalue weighted by Crippen LogP contribution is -2.20. The molecule has 0 fully saturated rings. The number of benzene rings is 1. The molecule has 1 amide bonds. The molecule has 4 heteroatoms. The number of hydrogen-bond donors (Lipinski definition) is 1. The van der Waals surface area contributed by atoms with Crippen molar-refractivity contribution in [2.75, 3.05) is 5.32 Å². The topological polar surface area (TPSA) is 29.1 Å². The fraction of sp³-hybridized carbons (Fsp3) is 0.300. The average Bonchev–Trinajstić information content (AvgIpc) is 2.09. The Morgan fingerprint density at radius 3 is 2.64 bits per heavy atom. The van der Waals surface area contributed by atoms with Crippen LogP contribution >= 0.6 is 23.2 Å². The van der Waals surface area contributed by atoms with Gasteiger partial charge in [-0.1, -0.05) is 17.7 Å². The van der Waals surface area contributed by atoms with Crippen molar-refractivity contribution >= 4 is 34.8 Å². The standard InChI is InChI=1S/C10H11Cl2NO/c1-6-3-4-9(8(12)5-6)13-10(14)7(2)11/h3-5,7H,1-2H3,(H,13,14)/t7-/m0/s1. The normalized spacial score (nSPS) is 12.3. The Morgan fingerprint density at radius 1 is 1.50 bits per heavy atom. The first-order chi connectivity index (χ1) is 6.50. The van der Waals surface area contributed by atoms with E-state index >= 15 is 0 Å². The Morgan fingerprint density at radius 2 is 2.14 bits per heavy atom. The zero-order valence-electron chi connectivity index (χ0n) is 7.97. The van der Waals surface area contributed by atoms with Crippen LogP contribution in [0.1, 0.15) is 12.5 Å². The zero-order chi connectivity index (χ0) is 10.7. The van der Waals surface area contributed by atoms with E-state index in [1.54, 1.807) is 19.1 Å². The minimum Gasteiger partial charge on any atom is -0.323 e. The number of hydrogen-bond acceptors (Lipinski definition) is 1. The largest absolute Gasteiger partial charge is 0.323 e. The third kappa shape index (κ3) is 2.89. The molecule has 1 aromatic rings. The van der Waals surface area contributed by atoms with E-state index in [0.29, 0.717) is 10.7 Å². The van der Waals surface area contributed by atoms with Gasteiger partial charge in [-0.2, -0.15) is 0 Å². The molecule has 0 aromatic heterocycles. The molecule has 0 aliphatic carbocycles. The molecule has 0 saturated heterocycles.